The second kappa shape index (κ2) is 9.61. The van der Waals surface area contributed by atoms with E-state index in [4.69, 9.17) is 10.7 Å². The standard InChI is InChI=1S/C21H28N4O/c1-4-16-9-11-17(12-10-16)15-25(3)21(23-5-2)24-14-18-7-6-8-19(13-18)20(22)26/h6-13H,4-5,14-15H2,1-3H3,(H2,22,26)(H,23,24). The molecular weight excluding hydrogens is 324 g/mol. The van der Waals surface area contributed by atoms with E-state index in [0.717, 1.165) is 31.0 Å². The maximum absolute atomic E-state index is 11.3. The summed E-state index contributed by atoms with van der Waals surface area (Å²) in [5.41, 5.74) is 9.39. The summed E-state index contributed by atoms with van der Waals surface area (Å²) in [5, 5.41) is 3.32. The average molecular weight is 352 g/mol. The molecule has 1 amide bonds. The maximum Gasteiger partial charge on any atom is 0.248 e. The van der Waals surface area contributed by atoms with Crippen molar-refractivity contribution in [3.05, 3.63) is 70.8 Å². The van der Waals surface area contributed by atoms with Crippen LogP contribution >= 0.6 is 0 Å². The fraction of sp³-hybridized carbons (Fsp3) is 0.333. The molecule has 0 radical (unpaired) electrons. The summed E-state index contributed by atoms with van der Waals surface area (Å²) in [6.07, 6.45) is 1.05. The highest BCUT2D eigenvalue weighted by atomic mass is 16.1. The van der Waals surface area contributed by atoms with Gasteiger partial charge in [0.25, 0.3) is 0 Å². The second-order valence-electron chi connectivity index (χ2n) is 6.26. The van der Waals surface area contributed by atoms with E-state index in [1.807, 2.05) is 26.1 Å². The Kier molecular flexibility index (Phi) is 7.21. The van der Waals surface area contributed by atoms with E-state index in [1.165, 1.54) is 11.1 Å². The third-order valence-corrected chi connectivity index (χ3v) is 4.17. The lowest BCUT2D eigenvalue weighted by molar-refractivity contribution is 0.1000. The summed E-state index contributed by atoms with van der Waals surface area (Å²) in [7, 11) is 2.02. The predicted octanol–water partition coefficient (Wildman–Crippen LogP) is 2.95. The molecule has 5 heteroatoms. The lowest BCUT2D eigenvalue weighted by Gasteiger charge is -2.22. The van der Waals surface area contributed by atoms with E-state index >= 15 is 0 Å². The summed E-state index contributed by atoms with van der Waals surface area (Å²) >= 11 is 0. The summed E-state index contributed by atoms with van der Waals surface area (Å²) in [6, 6.07) is 15.9. The predicted molar refractivity (Wildman–Crippen MR) is 107 cm³/mol. The first-order valence-electron chi connectivity index (χ1n) is 8.99. The molecule has 0 fully saturated rings. The highest BCUT2D eigenvalue weighted by Gasteiger charge is 2.07. The van der Waals surface area contributed by atoms with Gasteiger partial charge >= 0.3 is 0 Å². The van der Waals surface area contributed by atoms with E-state index in [1.54, 1.807) is 12.1 Å². The number of aryl methyl sites for hydroxylation is 1. The van der Waals surface area contributed by atoms with Crippen molar-refractivity contribution in [1.82, 2.24) is 10.2 Å². The Labute approximate surface area is 155 Å². The Bertz CT molecular complexity index is 753. The molecule has 3 N–H and O–H groups in total. The first-order chi connectivity index (χ1) is 12.5. The van der Waals surface area contributed by atoms with Crippen molar-refractivity contribution in [3.8, 4) is 0 Å². The molecule has 0 aromatic heterocycles. The molecule has 0 bridgehead atoms. The maximum atomic E-state index is 11.3. The molecule has 0 unspecified atom stereocenters. The monoisotopic (exact) mass is 352 g/mol. The Morgan fingerprint density at radius 1 is 1.08 bits per heavy atom. The fourth-order valence-corrected chi connectivity index (χ4v) is 2.69. The fourth-order valence-electron chi connectivity index (χ4n) is 2.69. The number of carbonyl (C=O) groups excluding carboxylic acids is 1. The number of hydrogen-bond acceptors (Lipinski definition) is 2. The molecule has 0 spiro atoms. The van der Waals surface area contributed by atoms with Gasteiger partial charge in [0.1, 0.15) is 0 Å². The largest absolute Gasteiger partial charge is 0.366 e. The number of aliphatic imine (C=N–C) groups is 1. The SMILES string of the molecule is CCNC(=NCc1cccc(C(N)=O)c1)N(C)Cc1ccc(CC)cc1. The van der Waals surface area contributed by atoms with Crippen LogP contribution < -0.4 is 11.1 Å². The van der Waals surface area contributed by atoms with Gasteiger partial charge in [0.15, 0.2) is 5.96 Å². The Morgan fingerprint density at radius 3 is 2.38 bits per heavy atom. The minimum Gasteiger partial charge on any atom is -0.366 e. The van der Waals surface area contributed by atoms with E-state index in [-0.39, 0.29) is 0 Å². The van der Waals surface area contributed by atoms with E-state index in [2.05, 4.69) is 41.4 Å². The van der Waals surface area contributed by atoms with Crippen molar-refractivity contribution in [2.75, 3.05) is 13.6 Å². The lowest BCUT2D eigenvalue weighted by Crippen LogP contribution is -2.38. The number of nitrogens with zero attached hydrogens (tertiary/aromatic N) is 2. The van der Waals surface area contributed by atoms with Gasteiger partial charge in [-0.15, -0.1) is 0 Å². The number of amides is 1. The molecule has 0 saturated heterocycles. The molecule has 5 nitrogen and oxygen atoms in total. The molecule has 2 aromatic rings. The number of carbonyl (C=O) groups is 1. The highest BCUT2D eigenvalue weighted by molar-refractivity contribution is 5.92. The quantitative estimate of drug-likeness (QED) is 0.594. The number of benzene rings is 2. The van der Waals surface area contributed by atoms with Gasteiger partial charge in [0, 0.05) is 25.7 Å². The van der Waals surface area contributed by atoms with Crippen LogP contribution in [0.25, 0.3) is 0 Å². The van der Waals surface area contributed by atoms with Gasteiger partial charge in [-0.25, -0.2) is 4.99 Å². The Hall–Kier alpha value is -2.82. The van der Waals surface area contributed by atoms with E-state index < -0.39 is 5.91 Å². The van der Waals surface area contributed by atoms with Crippen molar-refractivity contribution in [3.63, 3.8) is 0 Å². The first kappa shape index (κ1) is 19.5. The molecule has 0 saturated carbocycles. The zero-order chi connectivity index (χ0) is 18.9. The van der Waals surface area contributed by atoms with Crippen LogP contribution in [-0.4, -0.2) is 30.4 Å². The van der Waals surface area contributed by atoms with Crippen molar-refractivity contribution in [2.45, 2.75) is 33.4 Å². The number of nitrogens with one attached hydrogen (secondary N) is 1. The van der Waals surface area contributed by atoms with Crippen molar-refractivity contribution < 1.29 is 4.79 Å². The molecule has 0 aliphatic rings. The molecule has 0 heterocycles. The van der Waals surface area contributed by atoms with Crippen molar-refractivity contribution in [1.29, 1.82) is 0 Å². The molecule has 0 aliphatic carbocycles. The summed E-state index contributed by atoms with van der Waals surface area (Å²) < 4.78 is 0. The summed E-state index contributed by atoms with van der Waals surface area (Å²) in [5.74, 6) is 0.409. The third kappa shape index (κ3) is 5.62. The van der Waals surface area contributed by atoms with E-state index in [0.29, 0.717) is 12.1 Å². The van der Waals surface area contributed by atoms with Gasteiger partial charge in [-0.1, -0.05) is 43.3 Å². The first-order valence-corrected chi connectivity index (χ1v) is 8.99. The minimum absolute atomic E-state index is 0.421. The minimum atomic E-state index is -0.421. The van der Waals surface area contributed by atoms with Crippen LogP contribution in [-0.2, 0) is 19.5 Å². The molecular formula is C21H28N4O. The van der Waals surface area contributed by atoms with Crippen LogP contribution in [0.2, 0.25) is 0 Å². The molecule has 2 aromatic carbocycles. The highest BCUT2D eigenvalue weighted by Crippen LogP contribution is 2.09. The van der Waals surface area contributed by atoms with Gasteiger partial charge in [0.05, 0.1) is 6.54 Å². The summed E-state index contributed by atoms with van der Waals surface area (Å²) in [6.45, 7) is 6.26. The van der Waals surface area contributed by atoms with Crippen LogP contribution in [0.4, 0.5) is 0 Å². The van der Waals surface area contributed by atoms with Crippen LogP contribution in [0, 0.1) is 0 Å². The van der Waals surface area contributed by atoms with Crippen LogP contribution in [0.1, 0.15) is 40.9 Å². The van der Waals surface area contributed by atoms with Gasteiger partial charge in [-0.05, 0) is 42.2 Å². The topological polar surface area (TPSA) is 70.7 Å². The number of primary amides is 1. The molecule has 0 atom stereocenters. The number of guanidine groups is 1. The van der Waals surface area contributed by atoms with Crippen LogP contribution in [0.5, 0.6) is 0 Å². The molecule has 0 aliphatic heterocycles. The van der Waals surface area contributed by atoms with Crippen LogP contribution in [0.15, 0.2) is 53.5 Å². The van der Waals surface area contributed by atoms with Crippen LogP contribution in [0.3, 0.4) is 0 Å². The second-order valence-corrected chi connectivity index (χ2v) is 6.26. The summed E-state index contributed by atoms with van der Waals surface area (Å²) in [4.78, 5) is 18.1. The average Bonchev–Trinajstić information content (AvgIpc) is 2.65. The van der Waals surface area contributed by atoms with Gasteiger partial charge in [-0.2, -0.15) is 0 Å². The third-order valence-electron chi connectivity index (χ3n) is 4.17. The number of hydrogen-bond donors (Lipinski definition) is 2. The number of rotatable bonds is 7. The van der Waals surface area contributed by atoms with E-state index in [9.17, 15) is 4.79 Å². The van der Waals surface area contributed by atoms with Crippen molar-refractivity contribution in [2.24, 2.45) is 10.7 Å². The van der Waals surface area contributed by atoms with Crippen molar-refractivity contribution >= 4 is 11.9 Å². The molecule has 2 rings (SSSR count). The molecule has 26 heavy (non-hydrogen) atoms. The Morgan fingerprint density at radius 2 is 1.77 bits per heavy atom. The smallest absolute Gasteiger partial charge is 0.248 e. The zero-order valence-electron chi connectivity index (χ0n) is 15.8. The van der Waals surface area contributed by atoms with Gasteiger partial charge in [-0.3, -0.25) is 4.79 Å². The molecule has 138 valence electrons. The lowest BCUT2D eigenvalue weighted by atomic mass is 10.1. The van der Waals surface area contributed by atoms with Gasteiger partial charge < -0.3 is 16.0 Å². The Balaban J connectivity index is 2.09. The normalized spacial score (nSPS) is 11.3. The van der Waals surface area contributed by atoms with Gasteiger partial charge in [0.2, 0.25) is 5.91 Å². The number of nitrogens with two attached hydrogens (primary N) is 1. The zero-order valence-corrected chi connectivity index (χ0v) is 15.8.